The molecular formula is C21H22N10O. The van der Waals surface area contributed by atoms with Gasteiger partial charge in [0.2, 0.25) is 5.95 Å². The highest BCUT2D eigenvalue weighted by atomic mass is 16.5. The van der Waals surface area contributed by atoms with Gasteiger partial charge in [0.25, 0.3) is 0 Å². The Morgan fingerprint density at radius 2 is 2.06 bits per heavy atom. The van der Waals surface area contributed by atoms with Crippen molar-refractivity contribution in [2.75, 3.05) is 16.9 Å². The van der Waals surface area contributed by atoms with E-state index in [-0.39, 0.29) is 0 Å². The second kappa shape index (κ2) is 7.76. The molecule has 3 aromatic heterocycles. The lowest BCUT2D eigenvalue weighted by Crippen LogP contribution is -2.17. The molecule has 6 rings (SSSR count). The highest BCUT2D eigenvalue weighted by Gasteiger charge is 2.24. The maximum Gasteiger partial charge on any atom is 0.228 e. The molecule has 0 saturated heterocycles. The largest absolute Gasteiger partial charge is 0.492 e. The summed E-state index contributed by atoms with van der Waals surface area (Å²) >= 11 is 0. The molecule has 5 heterocycles. The molecule has 4 aromatic rings. The number of nitrogens with one attached hydrogen (secondary N) is 2. The molecule has 0 saturated carbocycles. The molecule has 0 unspecified atom stereocenters. The van der Waals surface area contributed by atoms with E-state index >= 15 is 0 Å². The number of aryl methyl sites for hydroxylation is 2. The summed E-state index contributed by atoms with van der Waals surface area (Å²) < 4.78 is 7.42. The van der Waals surface area contributed by atoms with Crippen LogP contribution in [0.25, 0.3) is 11.3 Å². The van der Waals surface area contributed by atoms with Gasteiger partial charge in [-0.25, -0.2) is 15.0 Å². The Morgan fingerprint density at radius 3 is 2.78 bits per heavy atom. The first-order valence-electron chi connectivity index (χ1n) is 10.2. The van der Waals surface area contributed by atoms with Crippen molar-refractivity contribution in [3.05, 3.63) is 48.0 Å². The lowest BCUT2D eigenvalue weighted by molar-refractivity contribution is 0.340. The van der Waals surface area contributed by atoms with Crippen LogP contribution in [0, 0.1) is 13.8 Å². The Labute approximate surface area is 184 Å². The van der Waals surface area contributed by atoms with Crippen molar-refractivity contribution in [2.45, 2.75) is 20.8 Å². The van der Waals surface area contributed by atoms with Crippen LogP contribution in [0.15, 0.2) is 47.0 Å². The van der Waals surface area contributed by atoms with Crippen molar-refractivity contribution < 1.29 is 4.74 Å². The zero-order valence-electron chi connectivity index (χ0n) is 18.2. The standard InChI is InChI=1S/C21H22N10O/c1-5-32-19-7-6-14-8-18(19)31(14)29-27-17-11-22-21(24-12(17)2)25-20-9-16(26-28-20)15-10-23-30(4)13(15)3/h6-11H,5H2,1-4H3,(H2,22,24,25,26,28)/b29-27-. The van der Waals surface area contributed by atoms with Gasteiger partial charge in [0.15, 0.2) is 0 Å². The fraction of sp³-hybridized carbons (Fsp3) is 0.238. The van der Waals surface area contributed by atoms with E-state index in [2.05, 4.69) is 40.9 Å². The van der Waals surface area contributed by atoms with E-state index < -0.39 is 0 Å². The van der Waals surface area contributed by atoms with E-state index in [1.807, 2.05) is 56.8 Å². The smallest absolute Gasteiger partial charge is 0.228 e. The number of aromatic amines is 1. The first kappa shape index (κ1) is 19.7. The average molecular weight is 430 g/mol. The van der Waals surface area contributed by atoms with Crippen LogP contribution in [0.3, 0.4) is 0 Å². The third-order valence-corrected chi connectivity index (χ3v) is 5.25. The van der Waals surface area contributed by atoms with Crippen LogP contribution >= 0.6 is 0 Å². The van der Waals surface area contributed by atoms with Gasteiger partial charge in [-0.05, 0) is 39.0 Å². The van der Waals surface area contributed by atoms with Gasteiger partial charge in [-0.1, -0.05) is 5.22 Å². The molecule has 1 aromatic carbocycles. The van der Waals surface area contributed by atoms with Crippen LogP contribution in [0.2, 0.25) is 0 Å². The number of aromatic nitrogens is 6. The molecule has 162 valence electrons. The molecule has 32 heavy (non-hydrogen) atoms. The molecule has 0 aliphatic carbocycles. The molecule has 0 spiro atoms. The van der Waals surface area contributed by atoms with Gasteiger partial charge < -0.3 is 10.1 Å². The van der Waals surface area contributed by atoms with Crippen molar-refractivity contribution in [3.63, 3.8) is 0 Å². The highest BCUT2D eigenvalue weighted by Crippen LogP contribution is 2.45. The summed E-state index contributed by atoms with van der Waals surface area (Å²) in [5.74, 6) is 1.90. The topological polar surface area (TPSA) is 122 Å². The summed E-state index contributed by atoms with van der Waals surface area (Å²) in [6, 6.07) is 7.78. The second-order valence-electron chi connectivity index (χ2n) is 7.31. The molecule has 2 aliphatic rings. The number of H-pyrrole nitrogens is 1. The molecule has 0 radical (unpaired) electrons. The SMILES string of the molecule is CCOc1ccc2cc1N2/N=N\c1cnc(Nc2cc(-c3cnn(C)c3C)n[nH]2)nc1C. The summed E-state index contributed by atoms with van der Waals surface area (Å²) in [7, 11) is 1.90. The summed E-state index contributed by atoms with van der Waals surface area (Å²) in [6.45, 7) is 6.40. The number of ether oxygens (including phenoxy) is 1. The molecular weight excluding hydrogens is 408 g/mol. The predicted molar refractivity (Wildman–Crippen MR) is 120 cm³/mol. The number of fused-ring (bicyclic) bond motifs is 2. The summed E-state index contributed by atoms with van der Waals surface area (Å²) in [5, 5.41) is 25.1. The number of benzene rings is 1. The average Bonchev–Trinajstić information content (AvgIpc) is 3.36. The second-order valence-corrected chi connectivity index (χ2v) is 7.31. The summed E-state index contributed by atoms with van der Waals surface area (Å²) in [4.78, 5) is 8.84. The van der Waals surface area contributed by atoms with E-state index in [0.29, 0.717) is 29.8 Å². The fourth-order valence-electron chi connectivity index (χ4n) is 3.36. The van der Waals surface area contributed by atoms with Gasteiger partial charge in [-0.15, -0.1) is 5.11 Å². The third kappa shape index (κ3) is 3.43. The third-order valence-electron chi connectivity index (χ3n) is 5.25. The van der Waals surface area contributed by atoms with Crippen molar-refractivity contribution in [2.24, 2.45) is 17.4 Å². The first-order chi connectivity index (χ1) is 15.5. The van der Waals surface area contributed by atoms with Gasteiger partial charge in [-0.3, -0.25) is 9.78 Å². The maximum absolute atomic E-state index is 5.61. The minimum absolute atomic E-state index is 0.437. The molecule has 0 amide bonds. The van der Waals surface area contributed by atoms with E-state index in [1.54, 1.807) is 17.4 Å². The zero-order valence-corrected chi connectivity index (χ0v) is 18.2. The highest BCUT2D eigenvalue weighted by molar-refractivity contribution is 5.82. The van der Waals surface area contributed by atoms with Crippen LogP contribution in [-0.4, -0.2) is 36.6 Å². The molecule has 11 nitrogen and oxygen atoms in total. The van der Waals surface area contributed by atoms with Crippen LogP contribution in [0.4, 0.5) is 28.8 Å². The van der Waals surface area contributed by atoms with Gasteiger partial charge in [-0.2, -0.15) is 10.2 Å². The van der Waals surface area contributed by atoms with Crippen molar-refractivity contribution in [1.29, 1.82) is 0 Å². The number of nitrogens with zero attached hydrogens (tertiary/aromatic N) is 8. The Bertz CT molecular complexity index is 1320. The predicted octanol–water partition coefficient (Wildman–Crippen LogP) is 4.51. The molecule has 2 bridgehead atoms. The van der Waals surface area contributed by atoms with Gasteiger partial charge in [0, 0.05) is 24.4 Å². The maximum atomic E-state index is 5.61. The number of hydrogen-bond donors (Lipinski definition) is 2. The minimum Gasteiger partial charge on any atom is -0.492 e. The number of anilines is 4. The van der Waals surface area contributed by atoms with E-state index in [0.717, 1.165) is 34.1 Å². The molecule has 0 atom stereocenters. The number of rotatable bonds is 7. The quantitative estimate of drug-likeness (QED) is 0.414. The Hall–Kier alpha value is -4.28. The zero-order chi connectivity index (χ0) is 22.2. The van der Waals surface area contributed by atoms with Crippen LogP contribution in [0.5, 0.6) is 5.75 Å². The van der Waals surface area contributed by atoms with Crippen molar-refractivity contribution >= 4 is 28.8 Å². The Morgan fingerprint density at radius 1 is 1.19 bits per heavy atom. The lowest BCUT2D eigenvalue weighted by atomic mass is 10.1. The van der Waals surface area contributed by atoms with E-state index in [4.69, 9.17) is 4.74 Å². The Balaban J connectivity index is 1.28. The van der Waals surface area contributed by atoms with E-state index in [9.17, 15) is 0 Å². The van der Waals surface area contributed by atoms with Crippen molar-refractivity contribution in [1.82, 2.24) is 29.9 Å². The Kier molecular flexibility index (Phi) is 4.77. The molecule has 2 aliphatic heterocycles. The monoisotopic (exact) mass is 430 g/mol. The van der Waals surface area contributed by atoms with Crippen LogP contribution < -0.4 is 15.1 Å². The van der Waals surface area contributed by atoms with Gasteiger partial charge in [0.05, 0.1) is 36.1 Å². The molecule has 11 heteroatoms. The summed E-state index contributed by atoms with van der Waals surface area (Å²) in [6.07, 6.45) is 3.43. The minimum atomic E-state index is 0.437. The van der Waals surface area contributed by atoms with Crippen molar-refractivity contribution in [3.8, 4) is 17.0 Å². The normalized spacial score (nSPS) is 12.3. The molecule has 2 N–H and O–H groups in total. The first-order valence-corrected chi connectivity index (χ1v) is 10.2. The van der Waals surface area contributed by atoms with Gasteiger partial charge >= 0.3 is 0 Å². The summed E-state index contributed by atoms with van der Waals surface area (Å²) in [5.41, 5.74) is 5.93. The van der Waals surface area contributed by atoms with Crippen LogP contribution in [0.1, 0.15) is 18.3 Å². The van der Waals surface area contributed by atoms with Gasteiger partial charge in [0.1, 0.15) is 22.9 Å². The van der Waals surface area contributed by atoms with E-state index in [1.165, 1.54) is 0 Å². The lowest BCUT2D eigenvalue weighted by Gasteiger charge is -2.29. The van der Waals surface area contributed by atoms with Crippen LogP contribution in [-0.2, 0) is 7.05 Å². The number of hydrogen-bond acceptors (Lipinski definition) is 8. The fourth-order valence-corrected chi connectivity index (χ4v) is 3.36. The molecule has 0 fully saturated rings.